The zero-order valence-electron chi connectivity index (χ0n) is 22.2. The maximum atomic E-state index is 13.5. The van der Waals surface area contributed by atoms with Gasteiger partial charge in [-0.1, -0.05) is 30.3 Å². The van der Waals surface area contributed by atoms with Crippen LogP contribution < -0.4 is 10.6 Å². The average molecular weight is 541 g/mol. The Balaban J connectivity index is 1.51. The summed E-state index contributed by atoms with van der Waals surface area (Å²) in [6, 6.07) is 9.91. The summed E-state index contributed by atoms with van der Waals surface area (Å²) in [5.41, 5.74) is 1.69. The number of nitrogens with zero attached hydrogens (tertiary/aromatic N) is 2. The predicted molar refractivity (Wildman–Crippen MR) is 140 cm³/mol. The Morgan fingerprint density at radius 2 is 1.74 bits per heavy atom. The topological polar surface area (TPSA) is 93.2 Å². The molecule has 0 unspecified atom stereocenters. The Labute approximate surface area is 225 Å². The quantitative estimate of drug-likeness (QED) is 0.354. The molecule has 2 amide bonds. The second-order valence-electron chi connectivity index (χ2n) is 10.6. The maximum absolute atomic E-state index is 13.5. The summed E-state index contributed by atoms with van der Waals surface area (Å²) in [5, 5.41) is 5.50. The van der Waals surface area contributed by atoms with Crippen LogP contribution in [0.15, 0.2) is 54.9 Å². The molecule has 7 nitrogen and oxygen atoms in total. The van der Waals surface area contributed by atoms with Crippen molar-refractivity contribution in [2.45, 2.75) is 70.8 Å². The van der Waals surface area contributed by atoms with Gasteiger partial charge in [-0.3, -0.25) is 9.78 Å². The summed E-state index contributed by atoms with van der Waals surface area (Å²) in [4.78, 5) is 33.4. The van der Waals surface area contributed by atoms with E-state index in [1.165, 1.54) is 12.3 Å². The maximum Gasteiger partial charge on any atom is 0.416 e. The monoisotopic (exact) mass is 540 g/mol. The lowest BCUT2D eigenvalue weighted by atomic mass is 9.95. The van der Waals surface area contributed by atoms with E-state index in [9.17, 15) is 22.8 Å². The summed E-state index contributed by atoms with van der Waals surface area (Å²) >= 11 is 0. The Hall–Kier alpha value is -3.95. The third-order valence-electron chi connectivity index (χ3n) is 6.21. The van der Waals surface area contributed by atoms with Gasteiger partial charge in [0.25, 0.3) is 5.91 Å². The number of hydrogen-bond acceptors (Lipinski definition) is 5. The Morgan fingerprint density at radius 1 is 1.05 bits per heavy atom. The fraction of sp³-hybridized carbons (Fsp3) is 0.379. The first-order chi connectivity index (χ1) is 18.3. The van der Waals surface area contributed by atoms with Crippen LogP contribution in [0.25, 0.3) is 11.1 Å². The number of benzene rings is 2. The van der Waals surface area contributed by atoms with Gasteiger partial charge in [-0.25, -0.2) is 9.78 Å². The van der Waals surface area contributed by atoms with Gasteiger partial charge in [0.05, 0.1) is 23.5 Å². The van der Waals surface area contributed by atoms with Gasteiger partial charge in [-0.2, -0.15) is 13.2 Å². The predicted octanol–water partition coefficient (Wildman–Crippen LogP) is 6.56. The number of aromatic nitrogens is 2. The van der Waals surface area contributed by atoms with Gasteiger partial charge in [0, 0.05) is 18.7 Å². The summed E-state index contributed by atoms with van der Waals surface area (Å²) in [6.07, 6.45) is 0.0183. The van der Waals surface area contributed by atoms with Crippen molar-refractivity contribution in [3.63, 3.8) is 0 Å². The molecule has 2 N–H and O–H groups in total. The van der Waals surface area contributed by atoms with Crippen molar-refractivity contribution in [1.82, 2.24) is 20.6 Å². The molecule has 1 heterocycles. The van der Waals surface area contributed by atoms with E-state index in [4.69, 9.17) is 4.74 Å². The molecule has 1 aliphatic rings. The molecule has 1 aliphatic carbocycles. The molecular weight excluding hydrogens is 509 g/mol. The molecule has 10 heteroatoms. The lowest BCUT2D eigenvalue weighted by Crippen LogP contribution is -2.32. The molecule has 0 bridgehead atoms. The van der Waals surface area contributed by atoms with Crippen LogP contribution in [0.4, 0.5) is 18.0 Å². The molecule has 1 atom stereocenters. The van der Waals surface area contributed by atoms with E-state index < -0.39 is 23.4 Å². The number of hydrogen-bond donors (Lipinski definition) is 2. The van der Waals surface area contributed by atoms with Crippen LogP contribution in [-0.2, 0) is 17.5 Å². The zero-order valence-corrected chi connectivity index (χ0v) is 22.2. The molecule has 0 aliphatic heterocycles. The number of alkyl carbamates (subject to hydrolysis) is 1. The van der Waals surface area contributed by atoms with Crippen molar-refractivity contribution in [3.8, 4) is 11.1 Å². The van der Waals surface area contributed by atoms with Crippen LogP contribution in [0.5, 0.6) is 0 Å². The lowest BCUT2D eigenvalue weighted by Gasteiger charge is -2.20. The molecule has 1 saturated carbocycles. The molecule has 2 aromatic carbocycles. The number of halogens is 3. The van der Waals surface area contributed by atoms with Gasteiger partial charge >= 0.3 is 12.3 Å². The highest BCUT2D eigenvalue weighted by molar-refractivity contribution is 5.92. The molecule has 206 valence electrons. The smallest absolute Gasteiger partial charge is 0.416 e. The summed E-state index contributed by atoms with van der Waals surface area (Å²) in [6.45, 7) is 6.96. The van der Waals surface area contributed by atoms with E-state index >= 15 is 0 Å². The van der Waals surface area contributed by atoms with Crippen LogP contribution >= 0.6 is 0 Å². The second-order valence-corrected chi connectivity index (χ2v) is 10.6. The Morgan fingerprint density at radius 3 is 2.36 bits per heavy atom. The van der Waals surface area contributed by atoms with E-state index in [0.29, 0.717) is 22.6 Å². The van der Waals surface area contributed by atoms with Crippen molar-refractivity contribution < 1.29 is 27.5 Å². The molecule has 3 aromatic rings. The van der Waals surface area contributed by atoms with E-state index in [2.05, 4.69) is 20.6 Å². The SMILES string of the molecule is C[C@@H](NC(=O)c1cncc(C2CC2)n1)c1ccc(-c2cc(C(F)(F)F)ccc2CNC(=O)OC(C)(C)C)cc1. The summed E-state index contributed by atoms with van der Waals surface area (Å²) in [5.74, 6) is 0.0188. The lowest BCUT2D eigenvalue weighted by molar-refractivity contribution is -0.137. The fourth-order valence-electron chi connectivity index (χ4n) is 4.03. The highest BCUT2D eigenvalue weighted by Gasteiger charge is 2.31. The zero-order chi connectivity index (χ0) is 28.4. The fourth-order valence-corrected chi connectivity index (χ4v) is 4.03. The van der Waals surface area contributed by atoms with Crippen LogP contribution in [0.2, 0.25) is 0 Å². The standard InChI is InChI=1S/C29H31F3N4O3/c1-17(35-26(37)25-16-33-15-24(36-25)20-9-10-20)18-5-7-19(8-6-18)23-13-22(29(30,31)32)12-11-21(23)14-34-27(38)39-28(2,3)4/h5-8,11-13,15-17,20H,9-10,14H2,1-4H3,(H,34,38)(H,35,37)/t17-/m1/s1. The first-order valence-electron chi connectivity index (χ1n) is 12.7. The first-order valence-corrected chi connectivity index (χ1v) is 12.7. The molecule has 0 spiro atoms. The van der Waals surface area contributed by atoms with Gasteiger partial charge in [0.2, 0.25) is 0 Å². The van der Waals surface area contributed by atoms with Crippen molar-refractivity contribution in [2.75, 3.05) is 0 Å². The van der Waals surface area contributed by atoms with Gasteiger partial charge in [0.15, 0.2) is 0 Å². The minimum absolute atomic E-state index is 0.0163. The largest absolute Gasteiger partial charge is 0.444 e. The van der Waals surface area contributed by atoms with Crippen LogP contribution in [0, 0.1) is 0 Å². The minimum atomic E-state index is -4.52. The van der Waals surface area contributed by atoms with Gasteiger partial charge in [-0.05, 0) is 74.9 Å². The molecular formula is C29H31F3N4O3. The van der Waals surface area contributed by atoms with Crippen LogP contribution in [0.1, 0.15) is 85.4 Å². The average Bonchev–Trinajstić information content (AvgIpc) is 3.72. The highest BCUT2D eigenvalue weighted by Crippen LogP contribution is 2.38. The van der Waals surface area contributed by atoms with Crippen molar-refractivity contribution in [1.29, 1.82) is 0 Å². The molecule has 4 rings (SSSR count). The number of rotatable bonds is 7. The number of ether oxygens (including phenoxy) is 1. The number of amides is 2. The number of carbonyl (C=O) groups is 2. The van der Waals surface area contributed by atoms with Crippen LogP contribution in [0.3, 0.4) is 0 Å². The van der Waals surface area contributed by atoms with Crippen molar-refractivity contribution in [2.24, 2.45) is 0 Å². The van der Waals surface area contributed by atoms with E-state index in [0.717, 1.165) is 36.2 Å². The number of carbonyl (C=O) groups excluding carboxylic acids is 2. The van der Waals surface area contributed by atoms with Gasteiger partial charge < -0.3 is 15.4 Å². The van der Waals surface area contributed by atoms with Gasteiger partial charge in [0.1, 0.15) is 11.3 Å². The van der Waals surface area contributed by atoms with Crippen molar-refractivity contribution >= 4 is 12.0 Å². The third-order valence-corrected chi connectivity index (χ3v) is 6.21. The normalized spacial score (nSPS) is 14.4. The molecule has 0 saturated heterocycles. The first kappa shape index (κ1) is 28.1. The van der Waals surface area contributed by atoms with E-state index in [-0.39, 0.29) is 24.2 Å². The molecule has 1 aromatic heterocycles. The van der Waals surface area contributed by atoms with Gasteiger partial charge in [-0.15, -0.1) is 0 Å². The number of nitrogens with one attached hydrogen (secondary N) is 2. The third kappa shape index (κ3) is 7.55. The Kier molecular flexibility index (Phi) is 7.94. The van der Waals surface area contributed by atoms with Crippen molar-refractivity contribution in [3.05, 3.63) is 82.9 Å². The van der Waals surface area contributed by atoms with Crippen LogP contribution in [-0.4, -0.2) is 27.6 Å². The molecule has 1 fully saturated rings. The molecule has 0 radical (unpaired) electrons. The van der Waals surface area contributed by atoms with E-state index in [1.807, 2.05) is 6.92 Å². The second kappa shape index (κ2) is 11.0. The highest BCUT2D eigenvalue weighted by atomic mass is 19.4. The summed E-state index contributed by atoms with van der Waals surface area (Å²) in [7, 11) is 0. The van der Waals surface area contributed by atoms with E-state index in [1.54, 1.807) is 51.2 Å². The minimum Gasteiger partial charge on any atom is -0.444 e. The number of alkyl halides is 3. The molecule has 39 heavy (non-hydrogen) atoms. The summed E-state index contributed by atoms with van der Waals surface area (Å²) < 4.78 is 45.7. The Bertz CT molecular complexity index is 1350.